The second kappa shape index (κ2) is 4.71. The molecule has 1 aromatic rings. The Balaban J connectivity index is 2.13. The fourth-order valence-corrected chi connectivity index (χ4v) is 1.90. The number of nitrogens with one attached hydrogen (secondary N) is 1. The van der Waals surface area contributed by atoms with Gasteiger partial charge in [-0.15, -0.1) is 0 Å². The summed E-state index contributed by atoms with van der Waals surface area (Å²) in [5, 5.41) is 2.49. The molecule has 4 nitrogen and oxygen atoms in total. The van der Waals surface area contributed by atoms with Crippen molar-refractivity contribution in [1.29, 1.82) is 0 Å². The average Bonchev–Trinajstić information content (AvgIpc) is 2.70. The number of nitrogen functional groups attached to an aromatic ring is 1. The maximum Gasteiger partial charge on any atom is 0.253 e. The van der Waals surface area contributed by atoms with E-state index in [-0.39, 0.29) is 23.2 Å². The van der Waals surface area contributed by atoms with Gasteiger partial charge in [-0.1, -0.05) is 13.0 Å². The molecule has 0 saturated carbocycles. The molecule has 1 heterocycles. The molecular formula is C12H15FN2O2. The SMILES string of the molecule is CC1CCOC1C(=O)Nc1c(N)cccc1F. The Bertz CT molecular complexity index is 416. The quantitative estimate of drug-likeness (QED) is 0.772. The maximum atomic E-state index is 13.5. The van der Waals surface area contributed by atoms with Crippen LogP contribution in [0.1, 0.15) is 13.3 Å². The van der Waals surface area contributed by atoms with E-state index in [1.54, 1.807) is 0 Å². The van der Waals surface area contributed by atoms with Crippen molar-refractivity contribution in [2.24, 2.45) is 5.92 Å². The molecule has 2 unspecified atom stereocenters. The van der Waals surface area contributed by atoms with E-state index in [1.807, 2.05) is 6.92 Å². The minimum absolute atomic E-state index is 0.0280. The Kier molecular flexibility index (Phi) is 3.28. The minimum atomic E-state index is -0.538. The second-order valence-corrected chi connectivity index (χ2v) is 4.25. The third-order valence-electron chi connectivity index (χ3n) is 2.94. The summed E-state index contributed by atoms with van der Waals surface area (Å²) >= 11 is 0. The molecule has 1 saturated heterocycles. The first-order valence-electron chi connectivity index (χ1n) is 5.56. The van der Waals surface area contributed by atoms with Gasteiger partial charge in [-0.2, -0.15) is 0 Å². The fraction of sp³-hybridized carbons (Fsp3) is 0.417. The molecule has 1 aromatic carbocycles. The fourth-order valence-electron chi connectivity index (χ4n) is 1.90. The molecular weight excluding hydrogens is 223 g/mol. The average molecular weight is 238 g/mol. The number of halogens is 1. The highest BCUT2D eigenvalue weighted by atomic mass is 19.1. The van der Waals surface area contributed by atoms with E-state index in [2.05, 4.69) is 5.32 Å². The van der Waals surface area contributed by atoms with Crippen LogP contribution >= 0.6 is 0 Å². The monoisotopic (exact) mass is 238 g/mol. The molecule has 0 aliphatic carbocycles. The molecule has 0 spiro atoms. The second-order valence-electron chi connectivity index (χ2n) is 4.25. The molecule has 5 heteroatoms. The van der Waals surface area contributed by atoms with E-state index >= 15 is 0 Å². The number of anilines is 2. The van der Waals surface area contributed by atoms with Crippen LogP contribution in [-0.2, 0) is 9.53 Å². The zero-order valence-electron chi connectivity index (χ0n) is 9.57. The van der Waals surface area contributed by atoms with Crippen LogP contribution < -0.4 is 11.1 Å². The standard InChI is InChI=1S/C12H15FN2O2/c1-7-5-6-17-11(7)12(16)15-10-8(13)3-2-4-9(10)14/h2-4,7,11H,5-6,14H2,1H3,(H,15,16). The first-order valence-corrected chi connectivity index (χ1v) is 5.56. The number of nitrogens with two attached hydrogens (primary N) is 1. The third-order valence-corrected chi connectivity index (χ3v) is 2.94. The number of hydrogen-bond acceptors (Lipinski definition) is 3. The smallest absolute Gasteiger partial charge is 0.253 e. The largest absolute Gasteiger partial charge is 0.397 e. The Hall–Kier alpha value is -1.62. The van der Waals surface area contributed by atoms with Crippen molar-refractivity contribution in [3.63, 3.8) is 0 Å². The van der Waals surface area contributed by atoms with Crippen LogP contribution in [0.4, 0.5) is 15.8 Å². The van der Waals surface area contributed by atoms with Crippen LogP contribution in [0.5, 0.6) is 0 Å². The lowest BCUT2D eigenvalue weighted by atomic mass is 10.0. The van der Waals surface area contributed by atoms with Gasteiger partial charge in [0, 0.05) is 6.61 Å². The Labute approximate surface area is 98.9 Å². The van der Waals surface area contributed by atoms with E-state index in [1.165, 1.54) is 18.2 Å². The first-order chi connectivity index (χ1) is 8.09. The van der Waals surface area contributed by atoms with Gasteiger partial charge >= 0.3 is 0 Å². The molecule has 1 fully saturated rings. The minimum Gasteiger partial charge on any atom is -0.397 e. The van der Waals surface area contributed by atoms with E-state index < -0.39 is 11.9 Å². The van der Waals surface area contributed by atoms with Gasteiger partial charge in [0.25, 0.3) is 5.91 Å². The lowest BCUT2D eigenvalue weighted by Gasteiger charge is -2.15. The highest BCUT2D eigenvalue weighted by Crippen LogP contribution is 2.25. The third kappa shape index (κ3) is 2.39. The van der Waals surface area contributed by atoms with Crippen molar-refractivity contribution in [2.45, 2.75) is 19.4 Å². The summed E-state index contributed by atoms with van der Waals surface area (Å²) in [6.45, 7) is 2.49. The predicted octanol–water partition coefficient (Wildman–Crippen LogP) is 1.77. The Morgan fingerprint density at radius 2 is 2.35 bits per heavy atom. The summed E-state index contributed by atoms with van der Waals surface area (Å²) in [7, 11) is 0. The van der Waals surface area contributed by atoms with Crippen LogP contribution in [0.2, 0.25) is 0 Å². The van der Waals surface area contributed by atoms with E-state index in [0.29, 0.717) is 6.61 Å². The van der Waals surface area contributed by atoms with Crippen molar-refractivity contribution in [1.82, 2.24) is 0 Å². The number of amides is 1. The van der Waals surface area contributed by atoms with E-state index in [9.17, 15) is 9.18 Å². The normalized spacial score (nSPS) is 23.6. The molecule has 0 aromatic heterocycles. The summed E-state index contributed by atoms with van der Waals surface area (Å²) in [6, 6.07) is 4.29. The van der Waals surface area contributed by atoms with Crippen LogP contribution in [0, 0.1) is 11.7 Å². The van der Waals surface area contributed by atoms with Crippen molar-refractivity contribution in [3.05, 3.63) is 24.0 Å². The van der Waals surface area contributed by atoms with Gasteiger partial charge in [0.05, 0.1) is 5.69 Å². The van der Waals surface area contributed by atoms with Crippen LogP contribution in [0.25, 0.3) is 0 Å². The number of benzene rings is 1. The zero-order valence-corrected chi connectivity index (χ0v) is 9.57. The number of carbonyl (C=O) groups excluding carboxylic acids is 1. The number of carbonyl (C=O) groups is 1. The molecule has 17 heavy (non-hydrogen) atoms. The van der Waals surface area contributed by atoms with Crippen molar-refractivity contribution >= 4 is 17.3 Å². The molecule has 0 radical (unpaired) electrons. The summed E-state index contributed by atoms with van der Waals surface area (Å²) < 4.78 is 18.8. The number of ether oxygens (including phenoxy) is 1. The molecule has 1 aliphatic rings. The molecule has 2 rings (SSSR count). The highest BCUT2D eigenvalue weighted by molar-refractivity contribution is 5.97. The van der Waals surface area contributed by atoms with E-state index in [0.717, 1.165) is 6.42 Å². The molecule has 1 amide bonds. The highest BCUT2D eigenvalue weighted by Gasteiger charge is 2.31. The van der Waals surface area contributed by atoms with E-state index in [4.69, 9.17) is 10.5 Å². The first kappa shape index (κ1) is 11.9. The van der Waals surface area contributed by atoms with Gasteiger partial charge in [0.2, 0.25) is 0 Å². The number of para-hydroxylation sites is 1. The molecule has 0 bridgehead atoms. The van der Waals surface area contributed by atoms with Gasteiger partial charge in [0.15, 0.2) is 0 Å². The van der Waals surface area contributed by atoms with Gasteiger partial charge in [-0.3, -0.25) is 4.79 Å². The lowest BCUT2D eigenvalue weighted by Crippen LogP contribution is -2.31. The maximum absolute atomic E-state index is 13.5. The van der Waals surface area contributed by atoms with Gasteiger partial charge in [-0.05, 0) is 24.5 Å². The topological polar surface area (TPSA) is 64.3 Å². The Morgan fingerprint density at radius 3 is 2.94 bits per heavy atom. The molecule has 2 atom stereocenters. The van der Waals surface area contributed by atoms with Crippen LogP contribution in [0.3, 0.4) is 0 Å². The number of hydrogen-bond donors (Lipinski definition) is 2. The summed E-state index contributed by atoms with van der Waals surface area (Å²) in [5.41, 5.74) is 5.85. The van der Waals surface area contributed by atoms with Crippen molar-refractivity contribution in [2.75, 3.05) is 17.7 Å². The molecule has 92 valence electrons. The predicted molar refractivity (Wildman–Crippen MR) is 63.0 cm³/mol. The summed E-state index contributed by atoms with van der Waals surface area (Å²) in [4.78, 5) is 11.9. The zero-order chi connectivity index (χ0) is 12.4. The van der Waals surface area contributed by atoms with Crippen molar-refractivity contribution < 1.29 is 13.9 Å². The number of rotatable bonds is 2. The van der Waals surface area contributed by atoms with Gasteiger partial charge in [0.1, 0.15) is 17.6 Å². The van der Waals surface area contributed by atoms with Crippen LogP contribution in [-0.4, -0.2) is 18.6 Å². The van der Waals surface area contributed by atoms with Crippen LogP contribution in [0.15, 0.2) is 18.2 Å². The summed E-state index contributed by atoms with van der Waals surface area (Å²) in [6.07, 6.45) is 0.319. The van der Waals surface area contributed by atoms with Gasteiger partial charge < -0.3 is 15.8 Å². The van der Waals surface area contributed by atoms with Gasteiger partial charge in [-0.25, -0.2) is 4.39 Å². The lowest BCUT2D eigenvalue weighted by molar-refractivity contribution is -0.126. The molecule has 3 N–H and O–H groups in total. The summed E-state index contributed by atoms with van der Waals surface area (Å²) in [5.74, 6) is -0.737. The van der Waals surface area contributed by atoms with Crippen molar-refractivity contribution in [3.8, 4) is 0 Å². The molecule has 1 aliphatic heterocycles. The Morgan fingerprint density at radius 1 is 1.59 bits per heavy atom.